The van der Waals surface area contributed by atoms with Crippen molar-refractivity contribution in [3.8, 4) is 0 Å². The van der Waals surface area contributed by atoms with Crippen LogP contribution in [0.1, 0.15) is 42.6 Å². The lowest BCUT2D eigenvalue weighted by atomic mass is 10.3. The minimum absolute atomic E-state index is 0.122. The van der Waals surface area contributed by atoms with Crippen LogP contribution in [0.15, 0.2) is 6.20 Å². The van der Waals surface area contributed by atoms with Gasteiger partial charge in [-0.25, -0.2) is 4.98 Å². The summed E-state index contributed by atoms with van der Waals surface area (Å²) in [5.41, 5.74) is 0.482. The van der Waals surface area contributed by atoms with E-state index in [1.807, 2.05) is 10.8 Å². The Labute approximate surface area is 118 Å². The zero-order valence-electron chi connectivity index (χ0n) is 11.7. The molecule has 2 heterocycles. The Balaban J connectivity index is 1.43. The highest BCUT2D eigenvalue weighted by molar-refractivity contribution is 5.92. The lowest BCUT2D eigenvalue weighted by molar-refractivity contribution is 0.0581. The highest BCUT2D eigenvalue weighted by Gasteiger charge is 2.17. The monoisotopic (exact) mass is 278 g/mol. The Morgan fingerprint density at radius 1 is 1.45 bits per heavy atom. The van der Waals surface area contributed by atoms with Crippen molar-refractivity contribution in [2.45, 2.75) is 44.8 Å². The molecule has 2 N–H and O–H groups in total. The largest absolute Gasteiger partial charge is 0.376 e. The number of ether oxygens (including phenoxy) is 1. The predicted octanol–water partition coefficient (Wildman–Crippen LogP) is 1.39. The molecule has 1 saturated carbocycles. The van der Waals surface area contributed by atoms with Crippen LogP contribution in [0, 0.1) is 0 Å². The van der Waals surface area contributed by atoms with Gasteiger partial charge in [-0.2, -0.15) is 0 Å². The molecule has 0 aromatic carbocycles. The van der Waals surface area contributed by atoms with E-state index < -0.39 is 0 Å². The quantitative estimate of drug-likeness (QED) is 0.799. The average Bonchev–Trinajstić information content (AvgIpc) is 3.12. The minimum Gasteiger partial charge on any atom is -0.376 e. The zero-order valence-corrected chi connectivity index (χ0v) is 11.7. The average molecular weight is 278 g/mol. The first-order chi connectivity index (χ1) is 9.83. The number of rotatable bonds is 5. The van der Waals surface area contributed by atoms with E-state index in [1.165, 1.54) is 12.8 Å². The fourth-order valence-corrected chi connectivity index (χ4v) is 2.82. The van der Waals surface area contributed by atoms with Crippen molar-refractivity contribution in [2.75, 3.05) is 25.0 Å². The third-order valence-corrected chi connectivity index (χ3v) is 3.91. The summed E-state index contributed by atoms with van der Waals surface area (Å²) in [5, 5.41) is 6.05. The van der Waals surface area contributed by atoms with Crippen molar-refractivity contribution in [1.29, 1.82) is 0 Å². The summed E-state index contributed by atoms with van der Waals surface area (Å²) in [6.45, 7) is 2.98. The third-order valence-electron chi connectivity index (χ3n) is 3.91. The molecule has 0 spiro atoms. The number of hydrogen-bond acceptors (Lipinski definition) is 4. The van der Waals surface area contributed by atoms with Gasteiger partial charge in [0.1, 0.15) is 5.69 Å². The summed E-state index contributed by atoms with van der Waals surface area (Å²) >= 11 is 0. The van der Waals surface area contributed by atoms with Crippen LogP contribution in [0.25, 0.3) is 0 Å². The number of imidazole rings is 1. The van der Waals surface area contributed by atoms with Gasteiger partial charge in [0.25, 0.3) is 5.91 Å². The Morgan fingerprint density at radius 3 is 3.10 bits per heavy atom. The van der Waals surface area contributed by atoms with Gasteiger partial charge < -0.3 is 19.9 Å². The first-order valence-electron chi connectivity index (χ1n) is 7.54. The van der Waals surface area contributed by atoms with E-state index in [1.54, 1.807) is 0 Å². The first-order valence-corrected chi connectivity index (χ1v) is 7.54. The van der Waals surface area contributed by atoms with E-state index >= 15 is 0 Å². The Bertz CT molecular complexity index is 442. The topological polar surface area (TPSA) is 68.2 Å². The second-order valence-corrected chi connectivity index (χ2v) is 5.46. The maximum Gasteiger partial charge on any atom is 0.271 e. The van der Waals surface area contributed by atoms with Crippen LogP contribution in [0.5, 0.6) is 0 Å². The zero-order chi connectivity index (χ0) is 13.8. The second kappa shape index (κ2) is 6.26. The van der Waals surface area contributed by atoms with Crippen LogP contribution >= 0.6 is 0 Å². The van der Waals surface area contributed by atoms with E-state index in [2.05, 4.69) is 15.6 Å². The molecule has 6 nitrogen and oxygen atoms in total. The summed E-state index contributed by atoms with van der Waals surface area (Å²) < 4.78 is 7.71. The summed E-state index contributed by atoms with van der Waals surface area (Å²) in [7, 11) is 0. The van der Waals surface area contributed by atoms with E-state index in [-0.39, 0.29) is 5.91 Å². The van der Waals surface area contributed by atoms with Crippen LogP contribution in [0.3, 0.4) is 0 Å². The van der Waals surface area contributed by atoms with Gasteiger partial charge in [0.05, 0.1) is 12.7 Å². The first kappa shape index (κ1) is 13.4. The molecule has 1 aliphatic heterocycles. The molecule has 0 atom stereocenters. The van der Waals surface area contributed by atoms with Crippen molar-refractivity contribution < 1.29 is 9.53 Å². The van der Waals surface area contributed by atoms with Crippen LogP contribution < -0.4 is 10.6 Å². The molecule has 1 aromatic heterocycles. The number of carbonyl (C=O) groups is 1. The van der Waals surface area contributed by atoms with Gasteiger partial charge in [-0.15, -0.1) is 0 Å². The smallest absolute Gasteiger partial charge is 0.271 e. The maximum atomic E-state index is 12.0. The van der Waals surface area contributed by atoms with Crippen molar-refractivity contribution >= 4 is 11.9 Å². The lowest BCUT2D eigenvalue weighted by Gasteiger charge is -2.14. The number of anilines is 1. The molecule has 1 aromatic rings. The van der Waals surface area contributed by atoms with Crippen molar-refractivity contribution in [3.63, 3.8) is 0 Å². The van der Waals surface area contributed by atoms with Crippen LogP contribution in [0.4, 0.5) is 5.95 Å². The second-order valence-electron chi connectivity index (χ2n) is 5.46. The van der Waals surface area contributed by atoms with Gasteiger partial charge in [0.2, 0.25) is 5.95 Å². The van der Waals surface area contributed by atoms with E-state index in [9.17, 15) is 4.79 Å². The molecule has 0 saturated heterocycles. The summed E-state index contributed by atoms with van der Waals surface area (Å²) in [6.07, 6.45) is 8.14. The molecule has 0 unspecified atom stereocenters. The van der Waals surface area contributed by atoms with Crippen LogP contribution in [-0.2, 0) is 11.3 Å². The highest BCUT2D eigenvalue weighted by atomic mass is 16.5. The molecule has 3 rings (SSSR count). The highest BCUT2D eigenvalue weighted by Crippen LogP contribution is 2.20. The van der Waals surface area contributed by atoms with E-state index in [4.69, 9.17) is 4.74 Å². The minimum atomic E-state index is -0.122. The van der Waals surface area contributed by atoms with Crippen molar-refractivity contribution in [1.82, 2.24) is 14.9 Å². The molecule has 2 aliphatic rings. The molecular weight excluding hydrogens is 256 g/mol. The molecule has 0 bridgehead atoms. The van der Waals surface area contributed by atoms with Crippen LogP contribution in [-0.4, -0.2) is 41.3 Å². The van der Waals surface area contributed by atoms with Crippen LogP contribution in [0.2, 0.25) is 0 Å². The molecule has 110 valence electrons. The molecule has 1 amide bonds. The number of nitrogens with one attached hydrogen (secondary N) is 2. The molecular formula is C14H22N4O2. The van der Waals surface area contributed by atoms with Gasteiger partial charge in [0, 0.05) is 25.8 Å². The van der Waals surface area contributed by atoms with E-state index in [0.29, 0.717) is 24.9 Å². The number of aromatic nitrogens is 2. The Hall–Kier alpha value is -1.56. The fourth-order valence-electron chi connectivity index (χ4n) is 2.82. The number of carbonyl (C=O) groups excluding carboxylic acids is 1. The summed E-state index contributed by atoms with van der Waals surface area (Å²) in [6, 6.07) is 0. The molecule has 6 heteroatoms. The SMILES string of the molecule is O=C(NCCOC1CCCC1)c1cn2c(n1)NCCC2. The standard InChI is InChI=1S/C14H22N4O2/c19-13(15-7-9-20-11-4-1-2-5-11)12-10-18-8-3-6-16-14(18)17-12/h10-11H,1-9H2,(H,15,19)(H,16,17). The third kappa shape index (κ3) is 3.12. The summed E-state index contributed by atoms with van der Waals surface area (Å²) in [4.78, 5) is 16.3. The van der Waals surface area contributed by atoms with Gasteiger partial charge in [-0.3, -0.25) is 4.79 Å². The number of nitrogens with zero attached hydrogens (tertiary/aromatic N) is 2. The Kier molecular flexibility index (Phi) is 4.20. The van der Waals surface area contributed by atoms with Crippen molar-refractivity contribution in [2.24, 2.45) is 0 Å². The van der Waals surface area contributed by atoms with Gasteiger partial charge in [0.15, 0.2) is 0 Å². The molecule has 1 fully saturated rings. The number of aryl methyl sites for hydroxylation is 1. The number of fused-ring (bicyclic) bond motifs is 1. The maximum absolute atomic E-state index is 12.0. The van der Waals surface area contributed by atoms with Gasteiger partial charge >= 0.3 is 0 Å². The molecule has 20 heavy (non-hydrogen) atoms. The number of hydrogen-bond donors (Lipinski definition) is 2. The number of amides is 1. The summed E-state index contributed by atoms with van der Waals surface area (Å²) in [5.74, 6) is 0.673. The molecule has 0 radical (unpaired) electrons. The van der Waals surface area contributed by atoms with Gasteiger partial charge in [-0.1, -0.05) is 12.8 Å². The Morgan fingerprint density at radius 2 is 2.30 bits per heavy atom. The normalized spacial score (nSPS) is 18.6. The molecule has 1 aliphatic carbocycles. The van der Waals surface area contributed by atoms with Gasteiger partial charge in [-0.05, 0) is 19.3 Å². The lowest BCUT2D eigenvalue weighted by Crippen LogP contribution is -2.28. The fraction of sp³-hybridized carbons (Fsp3) is 0.714. The van der Waals surface area contributed by atoms with E-state index in [0.717, 1.165) is 38.3 Å². The van der Waals surface area contributed by atoms with Crippen molar-refractivity contribution in [3.05, 3.63) is 11.9 Å². The predicted molar refractivity (Wildman–Crippen MR) is 75.9 cm³/mol.